The Morgan fingerprint density at radius 1 is 1.35 bits per heavy atom. The molecule has 1 unspecified atom stereocenters. The summed E-state index contributed by atoms with van der Waals surface area (Å²) in [7, 11) is 0. The summed E-state index contributed by atoms with van der Waals surface area (Å²) in [5, 5.41) is 1.21. The molecule has 0 aliphatic carbocycles. The fourth-order valence-corrected chi connectivity index (χ4v) is 3.27. The summed E-state index contributed by atoms with van der Waals surface area (Å²) >= 11 is 12.4. The van der Waals surface area contributed by atoms with Crippen molar-refractivity contribution in [2.75, 3.05) is 26.2 Å². The molecule has 1 aromatic rings. The molecule has 1 atom stereocenters. The number of hydrogen-bond donors (Lipinski definition) is 1. The van der Waals surface area contributed by atoms with E-state index in [1.54, 1.807) is 0 Å². The Labute approximate surface area is 131 Å². The standard InChI is InChI=1S/C15H22Cl2N2O/c1-2-20-11-6-8-19(9-7-11)14(10-18)12-4-3-5-13(16)15(12)17/h3-5,11,14H,2,6-10,18H2,1H3. The molecule has 1 aromatic carbocycles. The van der Waals surface area contributed by atoms with E-state index in [0.29, 0.717) is 22.7 Å². The normalized spacial score (nSPS) is 19.2. The quantitative estimate of drug-likeness (QED) is 0.903. The molecule has 1 saturated heterocycles. The van der Waals surface area contributed by atoms with Gasteiger partial charge in [-0.3, -0.25) is 4.90 Å². The van der Waals surface area contributed by atoms with Crippen molar-refractivity contribution in [2.45, 2.75) is 31.9 Å². The molecule has 1 heterocycles. The summed E-state index contributed by atoms with van der Waals surface area (Å²) in [5.41, 5.74) is 7.00. The predicted octanol–water partition coefficient (Wildman–Crippen LogP) is 3.49. The van der Waals surface area contributed by atoms with Crippen molar-refractivity contribution < 1.29 is 4.74 Å². The van der Waals surface area contributed by atoms with Crippen LogP contribution in [0, 0.1) is 0 Å². The van der Waals surface area contributed by atoms with Crippen LogP contribution in [0.3, 0.4) is 0 Å². The van der Waals surface area contributed by atoms with Crippen LogP contribution in [0.15, 0.2) is 18.2 Å². The smallest absolute Gasteiger partial charge is 0.0640 e. The first-order valence-corrected chi connectivity index (χ1v) is 7.92. The van der Waals surface area contributed by atoms with Crippen molar-refractivity contribution in [3.8, 4) is 0 Å². The molecule has 0 saturated carbocycles. The Morgan fingerprint density at radius 2 is 2.05 bits per heavy atom. The molecule has 3 nitrogen and oxygen atoms in total. The van der Waals surface area contributed by atoms with Gasteiger partial charge in [-0.25, -0.2) is 0 Å². The van der Waals surface area contributed by atoms with Crippen molar-refractivity contribution in [3.05, 3.63) is 33.8 Å². The average Bonchev–Trinajstić information content (AvgIpc) is 2.46. The zero-order chi connectivity index (χ0) is 14.5. The lowest BCUT2D eigenvalue weighted by atomic mass is 10.0. The molecule has 0 amide bonds. The maximum Gasteiger partial charge on any atom is 0.0640 e. The van der Waals surface area contributed by atoms with Gasteiger partial charge in [0, 0.05) is 32.3 Å². The first kappa shape index (κ1) is 16.1. The van der Waals surface area contributed by atoms with Gasteiger partial charge in [0.1, 0.15) is 0 Å². The maximum atomic E-state index is 6.33. The zero-order valence-electron chi connectivity index (χ0n) is 11.8. The maximum absolute atomic E-state index is 6.33. The van der Waals surface area contributed by atoms with Crippen LogP contribution in [0.5, 0.6) is 0 Å². The SMILES string of the molecule is CCOC1CCN(C(CN)c2cccc(Cl)c2Cl)CC1. The number of rotatable bonds is 5. The van der Waals surface area contributed by atoms with E-state index in [2.05, 4.69) is 4.90 Å². The van der Waals surface area contributed by atoms with Gasteiger partial charge in [-0.15, -0.1) is 0 Å². The van der Waals surface area contributed by atoms with E-state index >= 15 is 0 Å². The summed E-state index contributed by atoms with van der Waals surface area (Å²) < 4.78 is 5.69. The van der Waals surface area contributed by atoms with Crippen LogP contribution in [0.4, 0.5) is 0 Å². The van der Waals surface area contributed by atoms with Crippen LogP contribution >= 0.6 is 23.2 Å². The Kier molecular flexibility index (Phi) is 6.12. The number of likely N-dealkylation sites (tertiary alicyclic amines) is 1. The average molecular weight is 317 g/mol. The van der Waals surface area contributed by atoms with Gasteiger partial charge in [0.05, 0.1) is 16.1 Å². The number of ether oxygens (including phenoxy) is 1. The van der Waals surface area contributed by atoms with Crippen molar-refractivity contribution >= 4 is 23.2 Å². The molecule has 112 valence electrons. The minimum atomic E-state index is 0.128. The molecule has 2 N–H and O–H groups in total. The van der Waals surface area contributed by atoms with E-state index in [9.17, 15) is 0 Å². The first-order valence-electron chi connectivity index (χ1n) is 7.17. The van der Waals surface area contributed by atoms with Crippen molar-refractivity contribution in [3.63, 3.8) is 0 Å². The van der Waals surface area contributed by atoms with Gasteiger partial charge >= 0.3 is 0 Å². The molecular weight excluding hydrogens is 295 g/mol. The molecule has 2 rings (SSSR count). The van der Waals surface area contributed by atoms with Gasteiger partial charge in [0.15, 0.2) is 0 Å². The molecular formula is C15H22Cl2N2O. The second-order valence-corrected chi connectivity index (χ2v) is 5.87. The highest BCUT2D eigenvalue weighted by Crippen LogP contribution is 2.33. The Hall–Kier alpha value is -0.320. The van der Waals surface area contributed by atoms with Crippen LogP contribution in [-0.4, -0.2) is 37.2 Å². The van der Waals surface area contributed by atoms with E-state index in [4.69, 9.17) is 33.7 Å². The third-order valence-corrected chi connectivity index (χ3v) is 4.72. The van der Waals surface area contributed by atoms with E-state index in [-0.39, 0.29) is 6.04 Å². The summed E-state index contributed by atoms with van der Waals surface area (Å²) in [4.78, 5) is 2.38. The highest BCUT2D eigenvalue weighted by atomic mass is 35.5. The van der Waals surface area contributed by atoms with Crippen molar-refractivity contribution in [1.29, 1.82) is 0 Å². The minimum absolute atomic E-state index is 0.128. The van der Waals surface area contributed by atoms with Crippen LogP contribution < -0.4 is 5.73 Å². The van der Waals surface area contributed by atoms with E-state index < -0.39 is 0 Å². The molecule has 0 spiro atoms. The minimum Gasteiger partial charge on any atom is -0.378 e. The van der Waals surface area contributed by atoms with Gasteiger partial charge in [0.2, 0.25) is 0 Å². The molecule has 0 bridgehead atoms. The number of benzene rings is 1. The second-order valence-electron chi connectivity index (χ2n) is 5.09. The van der Waals surface area contributed by atoms with Crippen LogP contribution in [0.2, 0.25) is 10.0 Å². The lowest BCUT2D eigenvalue weighted by molar-refractivity contribution is 0.00453. The molecule has 20 heavy (non-hydrogen) atoms. The fraction of sp³-hybridized carbons (Fsp3) is 0.600. The van der Waals surface area contributed by atoms with Crippen LogP contribution in [0.25, 0.3) is 0 Å². The Morgan fingerprint density at radius 3 is 2.65 bits per heavy atom. The molecule has 1 fully saturated rings. The first-order chi connectivity index (χ1) is 9.67. The van der Waals surface area contributed by atoms with Gasteiger partial charge in [-0.2, -0.15) is 0 Å². The topological polar surface area (TPSA) is 38.5 Å². The molecule has 5 heteroatoms. The summed E-state index contributed by atoms with van der Waals surface area (Å²) in [6.45, 7) is 5.33. The zero-order valence-corrected chi connectivity index (χ0v) is 13.3. The number of nitrogens with zero attached hydrogens (tertiary/aromatic N) is 1. The predicted molar refractivity (Wildman–Crippen MR) is 84.5 cm³/mol. The van der Waals surface area contributed by atoms with Gasteiger partial charge in [0.25, 0.3) is 0 Å². The molecule has 0 radical (unpaired) electrons. The molecule has 0 aromatic heterocycles. The second kappa shape index (κ2) is 7.62. The van der Waals surface area contributed by atoms with Gasteiger partial charge in [-0.1, -0.05) is 35.3 Å². The van der Waals surface area contributed by atoms with E-state index in [1.807, 2.05) is 25.1 Å². The van der Waals surface area contributed by atoms with Crippen molar-refractivity contribution in [2.24, 2.45) is 5.73 Å². The van der Waals surface area contributed by atoms with Gasteiger partial charge in [-0.05, 0) is 31.4 Å². The van der Waals surface area contributed by atoms with Crippen LogP contribution in [-0.2, 0) is 4.74 Å². The monoisotopic (exact) mass is 316 g/mol. The highest BCUT2D eigenvalue weighted by Gasteiger charge is 2.27. The van der Waals surface area contributed by atoms with Gasteiger partial charge < -0.3 is 10.5 Å². The molecule has 1 aliphatic heterocycles. The Bertz CT molecular complexity index is 434. The number of nitrogens with two attached hydrogens (primary N) is 1. The Balaban J connectivity index is 2.08. The fourth-order valence-electron chi connectivity index (χ4n) is 2.84. The third kappa shape index (κ3) is 3.66. The largest absolute Gasteiger partial charge is 0.378 e. The summed E-state index contributed by atoms with van der Waals surface area (Å²) in [5.74, 6) is 0. The number of hydrogen-bond acceptors (Lipinski definition) is 3. The lowest BCUT2D eigenvalue weighted by Crippen LogP contribution is -2.42. The van der Waals surface area contributed by atoms with Crippen LogP contribution in [0.1, 0.15) is 31.4 Å². The number of halogens is 2. The van der Waals surface area contributed by atoms with E-state index in [0.717, 1.165) is 38.1 Å². The van der Waals surface area contributed by atoms with Crippen molar-refractivity contribution in [1.82, 2.24) is 4.90 Å². The summed E-state index contributed by atoms with van der Waals surface area (Å²) in [6.07, 6.45) is 2.47. The lowest BCUT2D eigenvalue weighted by Gasteiger charge is -2.37. The highest BCUT2D eigenvalue weighted by molar-refractivity contribution is 6.42. The molecule has 1 aliphatic rings. The third-order valence-electron chi connectivity index (χ3n) is 3.88. The summed E-state index contributed by atoms with van der Waals surface area (Å²) in [6, 6.07) is 5.88. The number of piperidine rings is 1. The van der Waals surface area contributed by atoms with E-state index in [1.165, 1.54) is 0 Å².